The van der Waals surface area contributed by atoms with Gasteiger partial charge in [-0.2, -0.15) is 0 Å². The van der Waals surface area contributed by atoms with Gasteiger partial charge in [0.15, 0.2) is 0 Å². The highest BCUT2D eigenvalue weighted by Crippen LogP contribution is 2.45. The van der Waals surface area contributed by atoms with Crippen LogP contribution in [0.25, 0.3) is 106 Å². The Labute approximate surface area is 297 Å². The van der Waals surface area contributed by atoms with E-state index in [1.807, 2.05) is 22.7 Å². The van der Waals surface area contributed by atoms with Crippen molar-refractivity contribution in [3.63, 3.8) is 0 Å². The molecule has 11 rings (SSSR count). The Morgan fingerprint density at radius 2 is 0.800 bits per heavy atom. The quantitative estimate of drug-likeness (QED) is 0.164. The highest BCUT2D eigenvalue weighted by molar-refractivity contribution is 7.26. The first-order chi connectivity index (χ1) is 24.8. The number of hydrogen-bond acceptors (Lipinski definition) is 2. The van der Waals surface area contributed by atoms with Crippen molar-refractivity contribution in [1.82, 2.24) is 0 Å². The summed E-state index contributed by atoms with van der Waals surface area (Å²) in [7, 11) is 0. The molecule has 0 aliphatic rings. The third kappa shape index (κ3) is 4.16. The minimum atomic E-state index is 1.24. The van der Waals surface area contributed by atoms with Crippen LogP contribution in [0.15, 0.2) is 170 Å². The zero-order valence-corrected chi connectivity index (χ0v) is 28.6. The lowest BCUT2D eigenvalue weighted by Gasteiger charge is -2.18. The summed E-state index contributed by atoms with van der Waals surface area (Å²) in [6, 6.07) is 63.0. The summed E-state index contributed by atoms with van der Waals surface area (Å²) in [6.45, 7) is 0. The van der Waals surface area contributed by atoms with E-state index < -0.39 is 0 Å². The summed E-state index contributed by atoms with van der Waals surface area (Å²) < 4.78 is 5.39. The van der Waals surface area contributed by atoms with E-state index in [0.717, 1.165) is 0 Å². The number of fused-ring (bicyclic) bond motifs is 10. The third-order valence-corrected chi connectivity index (χ3v) is 12.7. The van der Waals surface area contributed by atoms with Gasteiger partial charge in [-0.3, -0.25) is 0 Å². The molecule has 2 aromatic heterocycles. The molecule has 0 saturated carbocycles. The molecule has 11 aromatic rings. The van der Waals surface area contributed by atoms with E-state index in [1.54, 1.807) is 0 Å². The topological polar surface area (TPSA) is 0 Å². The molecule has 0 radical (unpaired) electrons. The van der Waals surface area contributed by atoms with Crippen LogP contribution >= 0.6 is 22.7 Å². The zero-order valence-electron chi connectivity index (χ0n) is 27.0. The fraction of sp³-hybridized carbons (Fsp3) is 0. The largest absolute Gasteiger partial charge is 0.135 e. The van der Waals surface area contributed by atoms with Gasteiger partial charge in [0, 0.05) is 40.3 Å². The molecule has 2 heteroatoms. The summed E-state index contributed by atoms with van der Waals surface area (Å²) >= 11 is 3.80. The van der Waals surface area contributed by atoms with Gasteiger partial charge in [0.05, 0.1) is 0 Å². The summed E-state index contributed by atoms with van der Waals surface area (Å²) in [5, 5.41) is 13.2. The lowest BCUT2D eigenvalue weighted by molar-refractivity contribution is 1.63. The SMILES string of the molecule is c1ccc(-c2c3ccccc3c(-c3ccc(-c4ccc5c(c4)sc4ccc6cc7c(cc6c45)sc4ccccc47)cc3)c3ccccc23)cc1. The van der Waals surface area contributed by atoms with E-state index in [9.17, 15) is 0 Å². The highest BCUT2D eigenvalue weighted by Gasteiger charge is 2.17. The minimum Gasteiger partial charge on any atom is -0.135 e. The smallest absolute Gasteiger partial charge is 0.0362 e. The minimum absolute atomic E-state index is 1.24. The predicted octanol–water partition coefficient (Wildman–Crippen LogP) is 14.9. The molecule has 0 aliphatic carbocycles. The molecule has 0 amide bonds. The molecule has 0 N–H and O–H groups in total. The van der Waals surface area contributed by atoms with E-state index in [2.05, 4.69) is 170 Å². The summed E-state index contributed by atoms with van der Waals surface area (Å²) in [4.78, 5) is 0. The number of rotatable bonds is 3. The van der Waals surface area contributed by atoms with Crippen molar-refractivity contribution < 1.29 is 0 Å². The molecule has 0 unspecified atom stereocenters. The highest BCUT2D eigenvalue weighted by atomic mass is 32.1. The second-order valence-electron chi connectivity index (χ2n) is 13.2. The normalized spacial score (nSPS) is 12.0. The van der Waals surface area contributed by atoms with Gasteiger partial charge in [-0.05, 0) is 96.0 Å². The van der Waals surface area contributed by atoms with Crippen LogP contribution in [0.1, 0.15) is 0 Å². The Bertz CT molecular complexity index is 3070. The Kier molecular flexibility index (Phi) is 6.09. The molecule has 0 atom stereocenters. The zero-order chi connectivity index (χ0) is 32.8. The first-order valence-electron chi connectivity index (χ1n) is 17.1. The van der Waals surface area contributed by atoms with Crippen molar-refractivity contribution in [2.24, 2.45) is 0 Å². The van der Waals surface area contributed by atoms with Gasteiger partial charge in [-0.25, -0.2) is 0 Å². The molecule has 9 aromatic carbocycles. The molecule has 0 aliphatic heterocycles. The van der Waals surface area contributed by atoms with E-state index in [4.69, 9.17) is 0 Å². The van der Waals surface area contributed by atoms with Gasteiger partial charge in [-0.1, -0.05) is 140 Å². The maximum atomic E-state index is 2.43. The van der Waals surface area contributed by atoms with Crippen LogP contribution in [0, 0.1) is 0 Å². The Morgan fingerprint density at radius 1 is 0.260 bits per heavy atom. The summed E-state index contributed by atoms with van der Waals surface area (Å²) in [5.74, 6) is 0. The number of benzene rings is 9. The van der Waals surface area contributed by atoms with Crippen molar-refractivity contribution in [2.45, 2.75) is 0 Å². The van der Waals surface area contributed by atoms with Gasteiger partial charge >= 0.3 is 0 Å². The van der Waals surface area contributed by atoms with Crippen LogP contribution in [-0.2, 0) is 0 Å². The molecule has 0 fully saturated rings. The van der Waals surface area contributed by atoms with Crippen LogP contribution in [-0.4, -0.2) is 0 Å². The van der Waals surface area contributed by atoms with Crippen molar-refractivity contribution in [3.05, 3.63) is 170 Å². The third-order valence-electron chi connectivity index (χ3n) is 10.5. The standard InChI is InChI=1S/C48H28S2/c1-2-10-30(11-3-1)46-35-13-4-6-15-37(35)47(38-16-7-5-14-36(38)46)31-20-18-29(19-21-31)32-22-24-39-44(27-32)50-43-25-23-33-26-41-34-12-8-9-17-42(34)49-45(41)28-40(33)48(39)43/h1-28H. The van der Waals surface area contributed by atoms with Gasteiger partial charge in [0.2, 0.25) is 0 Å². The van der Waals surface area contributed by atoms with Crippen molar-refractivity contribution in [1.29, 1.82) is 0 Å². The second-order valence-corrected chi connectivity index (χ2v) is 15.4. The van der Waals surface area contributed by atoms with Crippen LogP contribution in [0.3, 0.4) is 0 Å². The van der Waals surface area contributed by atoms with Crippen molar-refractivity contribution in [3.8, 4) is 33.4 Å². The molecule has 0 spiro atoms. The predicted molar refractivity (Wildman–Crippen MR) is 221 cm³/mol. The molecular formula is C48H28S2. The van der Waals surface area contributed by atoms with E-state index >= 15 is 0 Å². The molecule has 2 heterocycles. The maximum absolute atomic E-state index is 2.43. The number of hydrogen-bond donors (Lipinski definition) is 0. The monoisotopic (exact) mass is 668 g/mol. The van der Waals surface area contributed by atoms with Crippen molar-refractivity contribution in [2.75, 3.05) is 0 Å². The average Bonchev–Trinajstić information content (AvgIpc) is 3.74. The molecule has 232 valence electrons. The fourth-order valence-electron chi connectivity index (χ4n) is 8.18. The van der Waals surface area contributed by atoms with E-state index in [0.29, 0.717) is 0 Å². The van der Waals surface area contributed by atoms with Gasteiger partial charge in [0.25, 0.3) is 0 Å². The van der Waals surface area contributed by atoms with Crippen LogP contribution in [0.5, 0.6) is 0 Å². The first kappa shape index (κ1) is 28.1. The van der Waals surface area contributed by atoms with E-state index in [-0.39, 0.29) is 0 Å². The molecule has 0 saturated heterocycles. The van der Waals surface area contributed by atoms with Crippen molar-refractivity contribution >= 4 is 95.3 Å². The lowest BCUT2D eigenvalue weighted by Crippen LogP contribution is -1.90. The van der Waals surface area contributed by atoms with Crippen LogP contribution < -0.4 is 0 Å². The Balaban J connectivity index is 1.04. The molecule has 0 nitrogen and oxygen atoms in total. The molecule has 0 bridgehead atoms. The average molecular weight is 669 g/mol. The van der Waals surface area contributed by atoms with Crippen LogP contribution in [0.2, 0.25) is 0 Å². The van der Waals surface area contributed by atoms with Crippen LogP contribution in [0.4, 0.5) is 0 Å². The summed E-state index contributed by atoms with van der Waals surface area (Å²) in [6.07, 6.45) is 0. The van der Waals surface area contributed by atoms with E-state index in [1.165, 1.54) is 106 Å². The summed E-state index contributed by atoms with van der Waals surface area (Å²) in [5.41, 5.74) is 7.57. The second kappa shape index (κ2) is 10.9. The molecular weight excluding hydrogens is 641 g/mol. The maximum Gasteiger partial charge on any atom is 0.0362 e. The van der Waals surface area contributed by atoms with Gasteiger partial charge in [-0.15, -0.1) is 22.7 Å². The number of thiophene rings is 2. The Morgan fingerprint density at radius 3 is 1.50 bits per heavy atom. The lowest BCUT2D eigenvalue weighted by atomic mass is 9.86. The Hall–Kier alpha value is -5.80. The fourth-order valence-corrected chi connectivity index (χ4v) is 10.5. The molecule has 50 heavy (non-hydrogen) atoms. The van der Waals surface area contributed by atoms with Gasteiger partial charge in [0.1, 0.15) is 0 Å². The first-order valence-corrected chi connectivity index (χ1v) is 18.7. The van der Waals surface area contributed by atoms with Gasteiger partial charge < -0.3 is 0 Å².